The molecule has 0 fully saturated rings. The summed E-state index contributed by atoms with van der Waals surface area (Å²) in [6.45, 7) is 2.10. The Morgan fingerprint density at radius 3 is 3.00 bits per heavy atom. The van der Waals surface area contributed by atoms with Crippen LogP contribution in [-0.4, -0.2) is 43.7 Å². The minimum absolute atomic E-state index is 0.300. The first-order valence-electron chi connectivity index (χ1n) is 5.07. The summed E-state index contributed by atoms with van der Waals surface area (Å²) in [5, 5.41) is 1.36. The van der Waals surface area contributed by atoms with E-state index in [1.165, 1.54) is 20.9 Å². The zero-order chi connectivity index (χ0) is 10.3. The number of rotatable bonds is 1. The third-order valence-electron chi connectivity index (χ3n) is 2.77. The molecule has 2 heterocycles. The third-order valence-corrected chi connectivity index (χ3v) is 4.51. The normalized spacial score (nSPS) is 17.3. The van der Waals surface area contributed by atoms with Gasteiger partial charge in [0, 0.05) is 0 Å². The summed E-state index contributed by atoms with van der Waals surface area (Å²) in [5.74, 6) is 0. The van der Waals surface area contributed by atoms with Crippen LogP contribution in [0.15, 0.2) is 30.3 Å². The van der Waals surface area contributed by atoms with E-state index >= 15 is 0 Å². The third kappa shape index (κ3) is 1.57. The summed E-state index contributed by atoms with van der Waals surface area (Å²) in [6.07, 6.45) is 2.30. The minimum atomic E-state index is 0.300. The first-order chi connectivity index (χ1) is 7.34. The number of hydrogen-bond donors (Lipinski definition) is 0. The van der Waals surface area contributed by atoms with Crippen molar-refractivity contribution in [2.45, 2.75) is 0 Å². The van der Waals surface area contributed by atoms with Crippen molar-refractivity contribution < 1.29 is 0 Å². The molecule has 0 saturated heterocycles. The van der Waals surface area contributed by atoms with Gasteiger partial charge >= 0.3 is 95.0 Å². The number of fused-ring (bicyclic) bond motifs is 1. The second kappa shape index (κ2) is 3.60. The predicted octanol–water partition coefficient (Wildman–Crippen LogP) is 1.62. The zero-order valence-corrected chi connectivity index (χ0v) is 10.3. The molecule has 1 aromatic carbocycles. The molecule has 0 aliphatic carbocycles. The average molecular weight is 263 g/mol. The summed E-state index contributed by atoms with van der Waals surface area (Å²) in [7, 11) is 2.15. The van der Waals surface area contributed by atoms with Gasteiger partial charge in [0.05, 0.1) is 0 Å². The molecule has 0 bridgehead atoms. The zero-order valence-electron chi connectivity index (χ0n) is 8.60. The van der Waals surface area contributed by atoms with Crippen LogP contribution in [0.4, 0.5) is 0 Å². The summed E-state index contributed by atoms with van der Waals surface area (Å²) >= 11 is 0.300. The summed E-state index contributed by atoms with van der Waals surface area (Å²) < 4.78 is 6.13. The number of hydrogen-bond acceptors (Lipinski definition) is 2. The van der Waals surface area contributed by atoms with E-state index in [-0.39, 0.29) is 0 Å². The van der Waals surface area contributed by atoms with Gasteiger partial charge in [-0.2, -0.15) is 0 Å². The van der Waals surface area contributed by atoms with E-state index in [1.54, 1.807) is 0 Å². The van der Waals surface area contributed by atoms with Crippen LogP contribution in [0.3, 0.4) is 0 Å². The molecule has 15 heavy (non-hydrogen) atoms. The number of aromatic nitrogens is 1. The van der Waals surface area contributed by atoms with Crippen molar-refractivity contribution in [1.29, 1.82) is 0 Å². The maximum atomic E-state index is 4.70. The van der Waals surface area contributed by atoms with Crippen molar-refractivity contribution in [3.63, 3.8) is 0 Å². The van der Waals surface area contributed by atoms with Gasteiger partial charge in [-0.3, -0.25) is 0 Å². The van der Waals surface area contributed by atoms with E-state index in [0.29, 0.717) is 14.7 Å². The molecule has 1 aliphatic rings. The summed E-state index contributed by atoms with van der Waals surface area (Å²) in [4.78, 5) is 2.31. The molecule has 0 saturated carbocycles. The van der Waals surface area contributed by atoms with Crippen LogP contribution in [0.2, 0.25) is 0 Å². The topological polar surface area (TPSA) is 16.1 Å². The molecule has 3 rings (SSSR count). The Bertz CT molecular complexity index is 527. The van der Waals surface area contributed by atoms with E-state index in [0.717, 1.165) is 13.1 Å². The Balaban J connectivity index is 2.12. The van der Waals surface area contributed by atoms with Gasteiger partial charge in [-0.05, 0) is 0 Å². The molecule has 2 aromatic rings. The van der Waals surface area contributed by atoms with Crippen molar-refractivity contribution in [2.75, 3.05) is 20.1 Å². The molecule has 0 unspecified atom stereocenters. The standard InChI is InChI=1S/C12H12N2Se/c1-14-7-6-9(8-14)12-10-4-2-3-5-11(10)15-13-12/h2-6H,7-8H2,1H3. The number of likely N-dealkylation sites (N-methyl/N-ethyl adjacent to an activating group) is 1. The van der Waals surface area contributed by atoms with Gasteiger partial charge in [-0.15, -0.1) is 0 Å². The van der Waals surface area contributed by atoms with E-state index in [9.17, 15) is 0 Å². The fraction of sp³-hybridized carbons (Fsp3) is 0.250. The van der Waals surface area contributed by atoms with Crippen molar-refractivity contribution in [1.82, 2.24) is 8.88 Å². The Labute approximate surface area is 95.2 Å². The van der Waals surface area contributed by atoms with Crippen LogP contribution in [0.25, 0.3) is 15.2 Å². The Morgan fingerprint density at radius 1 is 1.33 bits per heavy atom. The SMILES string of the molecule is CN1CC=C(c2n[se]c3ccccc23)C1. The van der Waals surface area contributed by atoms with Crippen LogP contribution in [0, 0.1) is 0 Å². The molecule has 3 heteroatoms. The Kier molecular flexibility index (Phi) is 2.24. The fourth-order valence-electron chi connectivity index (χ4n) is 1.97. The molecule has 2 nitrogen and oxygen atoms in total. The summed E-state index contributed by atoms with van der Waals surface area (Å²) in [5.41, 5.74) is 2.65. The fourth-order valence-corrected chi connectivity index (χ4v) is 3.67. The molecule has 0 radical (unpaired) electrons. The Morgan fingerprint density at radius 2 is 2.20 bits per heavy atom. The van der Waals surface area contributed by atoms with Gasteiger partial charge in [0.15, 0.2) is 0 Å². The van der Waals surface area contributed by atoms with E-state index in [4.69, 9.17) is 3.98 Å². The molecule has 0 atom stereocenters. The van der Waals surface area contributed by atoms with Gasteiger partial charge in [-0.25, -0.2) is 0 Å². The molecular weight excluding hydrogens is 251 g/mol. The van der Waals surface area contributed by atoms with Crippen molar-refractivity contribution in [3.8, 4) is 0 Å². The van der Waals surface area contributed by atoms with Gasteiger partial charge in [0.25, 0.3) is 0 Å². The van der Waals surface area contributed by atoms with Crippen molar-refractivity contribution >= 4 is 30.0 Å². The number of benzene rings is 1. The van der Waals surface area contributed by atoms with Crippen LogP contribution < -0.4 is 0 Å². The molecule has 0 spiro atoms. The second-order valence-electron chi connectivity index (χ2n) is 3.95. The van der Waals surface area contributed by atoms with Crippen LogP contribution in [0.5, 0.6) is 0 Å². The molecule has 1 aromatic heterocycles. The second-order valence-corrected chi connectivity index (χ2v) is 5.64. The van der Waals surface area contributed by atoms with E-state index in [2.05, 4.69) is 42.3 Å². The molecule has 1 aliphatic heterocycles. The predicted molar refractivity (Wildman–Crippen MR) is 64.2 cm³/mol. The van der Waals surface area contributed by atoms with Gasteiger partial charge in [0.1, 0.15) is 0 Å². The first-order valence-corrected chi connectivity index (χ1v) is 6.69. The van der Waals surface area contributed by atoms with Crippen molar-refractivity contribution in [3.05, 3.63) is 36.0 Å². The molecule has 76 valence electrons. The van der Waals surface area contributed by atoms with Crippen molar-refractivity contribution in [2.24, 2.45) is 0 Å². The molecule has 0 amide bonds. The first kappa shape index (κ1) is 9.34. The van der Waals surface area contributed by atoms with Crippen LogP contribution in [0.1, 0.15) is 5.69 Å². The summed E-state index contributed by atoms with van der Waals surface area (Å²) in [6, 6.07) is 8.61. The van der Waals surface area contributed by atoms with Gasteiger partial charge < -0.3 is 0 Å². The molecule has 0 N–H and O–H groups in total. The van der Waals surface area contributed by atoms with Crippen LogP contribution >= 0.6 is 0 Å². The maximum absolute atomic E-state index is 4.70. The monoisotopic (exact) mass is 264 g/mol. The van der Waals surface area contributed by atoms with Crippen LogP contribution in [-0.2, 0) is 0 Å². The quantitative estimate of drug-likeness (QED) is 0.727. The van der Waals surface area contributed by atoms with E-state index in [1.807, 2.05) is 0 Å². The van der Waals surface area contributed by atoms with Gasteiger partial charge in [-0.1, -0.05) is 0 Å². The van der Waals surface area contributed by atoms with E-state index < -0.39 is 0 Å². The Hall–Kier alpha value is -0.891. The molecular formula is C12H12N2Se. The number of nitrogens with zero attached hydrogens (tertiary/aromatic N) is 2. The average Bonchev–Trinajstić information content (AvgIpc) is 2.83. The van der Waals surface area contributed by atoms with Gasteiger partial charge in [0.2, 0.25) is 0 Å².